The molecule has 0 heterocycles. The number of unbranched alkanes of at least 4 members (excludes halogenated alkanes) is 1. The quantitative estimate of drug-likeness (QED) is 0.345. The Morgan fingerprint density at radius 1 is 1.31 bits per heavy atom. The van der Waals surface area contributed by atoms with Gasteiger partial charge in [-0.25, -0.2) is 0 Å². The average Bonchev–Trinajstić information content (AvgIpc) is 2.14. The standard InChI is InChI=1S/C11H20O2/c1-3-5-7-8-10-13-11(12)9-6-4-2/h5,7H,3-4,6,8-10H2,1-2H3. The molecule has 0 aliphatic carbocycles. The molecule has 0 spiro atoms. The Morgan fingerprint density at radius 2 is 2.08 bits per heavy atom. The molecular formula is C11H20O2. The normalized spacial score (nSPS) is 10.6. The van der Waals surface area contributed by atoms with Crippen molar-refractivity contribution < 1.29 is 9.53 Å². The second-order valence-electron chi connectivity index (χ2n) is 2.99. The molecular weight excluding hydrogens is 164 g/mol. The Bertz CT molecular complexity index is 150. The van der Waals surface area contributed by atoms with Crippen LogP contribution in [0.4, 0.5) is 0 Å². The van der Waals surface area contributed by atoms with Gasteiger partial charge in [-0.05, 0) is 19.3 Å². The third-order valence-electron chi connectivity index (χ3n) is 1.68. The molecule has 2 heteroatoms. The molecule has 0 N–H and O–H groups in total. The summed E-state index contributed by atoms with van der Waals surface area (Å²) in [5.41, 5.74) is 0. The van der Waals surface area contributed by atoms with E-state index >= 15 is 0 Å². The molecule has 0 bridgehead atoms. The number of hydrogen-bond donors (Lipinski definition) is 0. The van der Waals surface area contributed by atoms with Crippen molar-refractivity contribution in [1.82, 2.24) is 0 Å². The fourth-order valence-electron chi connectivity index (χ4n) is 0.919. The Morgan fingerprint density at radius 3 is 2.69 bits per heavy atom. The van der Waals surface area contributed by atoms with Crippen LogP contribution in [0.3, 0.4) is 0 Å². The highest BCUT2D eigenvalue weighted by molar-refractivity contribution is 5.69. The molecule has 0 amide bonds. The van der Waals surface area contributed by atoms with Crippen LogP contribution in [0.2, 0.25) is 0 Å². The molecule has 76 valence electrons. The van der Waals surface area contributed by atoms with Crippen molar-refractivity contribution in [2.45, 2.75) is 46.0 Å². The fourth-order valence-corrected chi connectivity index (χ4v) is 0.919. The van der Waals surface area contributed by atoms with Crippen molar-refractivity contribution in [3.8, 4) is 0 Å². The summed E-state index contributed by atoms with van der Waals surface area (Å²) in [6.07, 6.45) is 8.56. The summed E-state index contributed by atoms with van der Waals surface area (Å²) < 4.78 is 5.00. The van der Waals surface area contributed by atoms with Crippen molar-refractivity contribution in [2.75, 3.05) is 6.61 Å². The Labute approximate surface area is 81.0 Å². The molecule has 0 aromatic rings. The summed E-state index contributed by atoms with van der Waals surface area (Å²) in [5.74, 6) is -0.0632. The van der Waals surface area contributed by atoms with Gasteiger partial charge in [-0.2, -0.15) is 0 Å². The third kappa shape index (κ3) is 9.12. The number of hydrogen-bond acceptors (Lipinski definition) is 2. The molecule has 0 aromatic carbocycles. The van der Waals surface area contributed by atoms with Gasteiger partial charge in [0.2, 0.25) is 0 Å². The molecule has 0 atom stereocenters. The third-order valence-corrected chi connectivity index (χ3v) is 1.68. The minimum absolute atomic E-state index is 0.0632. The number of allylic oxidation sites excluding steroid dienone is 1. The van der Waals surface area contributed by atoms with Gasteiger partial charge in [0.05, 0.1) is 6.61 Å². The first-order chi connectivity index (χ1) is 6.31. The van der Waals surface area contributed by atoms with Crippen LogP contribution in [0, 0.1) is 0 Å². The molecule has 0 aromatic heterocycles. The highest BCUT2D eigenvalue weighted by Gasteiger charge is 1.99. The van der Waals surface area contributed by atoms with Crippen molar-refractivity contribution in [3.63, 3.8) is 0 Å². The minimum atomic E-state index is -0.0632. The number of ether oxygens (including phenoxy) is 1. The summed E-state index contributed by atoms with van der Waals surface area (Å²) in [7, 11) is 0. The molecule has 0 aliphatic heterocycles. The molecule has 0 fully saturated rings. The smallest absolute Gasteiger partial charge is 0.305 e. The van der Waals surface area contributed by atoms with Crippen LogP contribution < -0.4 is 0 Å². The van der Waals surface area contributed by atoms with E-state index in [0.717, 1.165) is 25.7 Å². The predicted octanol–water partition coefficient (Wildman–Crippen LogP) is 3.08. The summed E-state index contributed by atoms with van der Waals surface area (Å²) >= 11 is 0. The lowest BCUT2D eigenvalue weighted by atomic mass is 10.2. The van der Waals surface area contributed by atoms with Gasteiger partial charge in [-0.15, -0.1) is 0 Å². The van der Waals surface area contributed by atoms with E-state index in [0.29, 0.717) is 13.0 Å². The van der Waals surface area contributed by atoms with E-state index in [1.165, 1.54) is 0 Å². The largest absolute Gasteiger partial charge is 0.465 e. The van der Waals surface area contributed by atoms with Gasteiger partial charge in [-0.3, -0.25) is 4.79 Å². The first kappa shape index (κ1) is 12.2. The maximum absolute atomic E-state index is 11.0. The van der Waals surface area contributed by atoms with Gasteiger partial charge in [0.1, 0.15) is 0 Å². The zero-order valence-electron chi connectivity index (χ0n) is 8.71. The van der Waals surface area contributed by atoms with Gasteiger partial charge in [0.25, 0.3) is 0 Å². The fraction of sp³-hybridized carbons (Fsp3) is 0.727. The van der Waals surface area contributed by atoms with Crippen LogP contribution in [-0.2, 0) is 9.53 Å². The van der Waals surface area contributed by atoms with E-state index in [1.807, 2.05) is 6.08 Å². The Kier molecular flexibility index (Phi) is 8.73. The van der Waals surface area contributed by atoms with E-state index in [-0.39, 0.29) is 5.97 Å². The van der Waals surface area contributed by atoms with Crippen LogP contribution in [0.5, 0.6) is 0 Å². The summed E-state index contributed by atoms with van der Waals surface area (Å²) in [6.45, 7) is 4.68. The number of carbonyl (C=O) groups excluding carboxylic acids is 1. The molecule has 0 saturated heterocycles. The highest BCUT2D eigenvalue weighted by atomic mass is 16.5. The number of rotatable bonds is 7. The molecule has 2 nitrogen and oxygen atoms in total. The van der Waals surface area contributed by atoms with E-state index in [1.54, 1.807) is 0 Å². The lowest BCUT2D eigenvalue weighted by molar-refractivity contribution is -0.143. The van der Waals surface area contributed by atoms with Crippen LogP contribution >= 0.6 is 0 Å². The highest BCUT2D eigenvalue weighted by Crippen LogP contribution is 1.97. The molecule has 0 saturated carbocycles. The second-order valence-corrected chi connectivity index (χ2v) is 2.99. The number of esters is 1. The van der Waals surface area contributed by atoms with Gasteiger partial charge < -0.3 is 4.74 Å². The first-order valence-corrected chi connectivity index (χ1v) is 5.11. The molecule has 0 unspecified atom stereocenters. The van der Waals surface area contributed by atoms with Gasteiger partial charge in [-0.1, -0.05) is 32.4 Å². The van der Waals surface area contributed by atoms with Crippen molar-refractivity contribution in [3.05, 3.63) is 12.2 Å². The Hall–Kier alpha value is -0.790. The van der Waals surface area contributed by atoms with Gasteiger partial charge in [0.15, 0.2) is 0 Å². The second kappa shape index (κ2) is 9.30. The van der Waals surface area contributed by atoms with Gasteiger partial charge >= 0.3 is 5.97 Å². The van der Waals surface area contributed by atoms with E-state index in [4.69, 9.17) is 4.74 Å². The minimum Gasteiger partial charge on any atom is -0.465 e. The van der Waals surface area contributed by atoms with E-state index < -0.39 is 0 Å². The maximum Gasteiger partial charge on any atom is 0.305 e. The predicted molar refractivity (Wildman–Crippen MR) is 54.5 cm³/mol. The lowest BCUT2D eigenvalue weighted by Gasteiger charge is -2.01. The molecule has 13 heavy (non-hydrogen) atoms. The zero-order chi connectivity index (χ0) is 9.94. The maximum atomic E-state index is 11.0. The molecule has 0 aliphatic rings. The van der Waals surface area contributed by atoms with Crippen LogP contribution in [0.15, 0.2) is 12.2 Å². The van der Waals surface area contributed by atoms with E-state index in [2.05, 4.69) is 19.9 Å². The Balaban J connectivity index is 3.21. The summed E-state index contributed by atoms with van der Waals surface area (Å²) in [4.78, 5) is 11.0. The topological polar surface area (TPSA) is 26.3 Å². The van der Waals surface area contributed by atoms with Gasteiger partial charge in [0, 0.05) is 6.42 Å². The van der Waals surface area contributed by atoms with Crippen LogP contribution in [0.25, 0.3) is 0 Å². The van der Waals surface area contributed by atoms with Crippen LogP contribution in [-0.4, -0.2) is 12.6 Å². The van der Waals surface area contributed by atoms with Crippen LogP contribution in [0.1, 0.15) is 46.0 Å². The monoisotopic (exact) mass is 184 g/mol. The lowest BCUT2D eigenvalue weighted by Crippen LogP contribution is -2.04. The summed E-state index contributed by atoms with van der Waals surface area (Å²) in [5, 5.41) is 0. The zero-order valence-corrected chi connectivity index (χ0v) is 8.71. The van der Waals surface area contributed by atoms with Crippen molar-refractivity contribution in [2.24, 2.45) is 0 Å². The summed E-state index contributed by atoms with van der Waals surface area (Å²) in [6, 6.07) is 0. The number of carbonyl (C=O) groups is 1. The molecule has 0 radical (unpaired) electrons. The SMILES string of the molecule is CCC=CCCOC(=O)CCCC. The average molecular weight is 184 g/mol. The molecule has 0 rings (SSSR count). The van der Waals surface area contributed by atoms with E-state index in [9.17, 15) is 4.79 Å². The first-order valence-electron chi connectivity index (χ1n) is 5.11. The van der Waals surface area contributed by atoms with Crippen molar-refractivity contribution >= 4 is 5.97 Å². The van der Waals surface area contributed by atoms with Crippen molar-refractivity contribution in [1.29, 1.82) is 0 Å².